The van der Waals surface area contributed by atoms with E-state index in [1.165, 1.54) is 6.07 Å². The van der Waals surface area contributed by atoms with Crippen molar-refractivity contribution in [1.29, 1.82) is 0 Å². The number of hydrogen-bond donors (Lipinski definition) is 1. The van der Waals surface area contributed by atoms with E-state index in [0.29, 0.717) is 41.8 Å². The number of halogens is 4. The van der Waals surface area contributed by atoms with E-state index in [-0.39, 0.29) is 28.1 Å². The summed E-state index contributed by atoms with van der Waals surface area (Å²) in [5, 5.41) is 6.82. The van der Waals surface area contributed by atoms with Gasteiger partial charge in [0.25, 0.3) is 5.91 Å². The Kier molecular flexibility index (Phi) is 5.17. The number of anilines is 1. The van der Waals surface area contributed by atoms with Crippen LogP contribution in [0.25, 0.3) is 5.69 Å². The molecule has 0 fully saturated rings. The van der Waals surface area contributed by atoms with Gasteiger partial charge in [0.1, 0.15) is 11.6 Å². The van der Waals surface area contributed by atoms with Crippen LogP contribution < -0.4 is 5.32 Å². The van der Waals surface area contributed by atoms with Gasteiger partial charge in [0, 0.05) is 24.5 Å². The number of nitrogens with zero attached hydrogens (tertiary/aromatic N) is 2. The molecule has 1 N–H and O–H groups in total. The number of rotatable bonds is 3. The molecule has 0 radical (unpaired) electrons. The second-order valence-corrected chi connectivity index (χ2v) is 7.74. The molecule has 10 heteroatoms. The van der Waals surface area contributed by atoms with E-state index in [1.807, 2.05) is 0 Å². The number of alkyl halides is 3. The Hall–Kier alpha value is -3.07. The van der Waals surface area contributed by atoms with Gasteiger partial charge in [-0.05, 0) is 38.5 Å². The highest BCUT2D eigenvalue weighted by atomic mass is 35.5. The maximum Gasteiger partial charge on any atom is 0.416 e. The number of nitrogens with one attached hydrogen (secondary N) is 1. The number of carbonyl (C=O) groups excluding carboxylic acids is 2. The molecule has 1 aliphatic rings. The highest BCUT2D eigenvalue weighted by Crippen LogP contribution is 2.34. The molecule has 1 aliphatic carbocycles. The highest BCUT2D eigenvalue weighted by Gasteiger charge is 2.32. The van der Waals surface area contributed by atoms with Crippen molar-refractivity contribution in [3.05, 3.63) is 63.2 Å². The first kappa shape index (κ1) is 21.2. The third kappa shape index (κ3) is 3.85. The number of carbonyl (C=O) groups is 2. The number of amides is 1. The number of aryl methyl sites for hydroxylation is 2. The summed E-state index contributed by atoms with van der Waals surface area (Å²) in [6.07, 6.45) is -2.96. The summed E-state index contributed by atoms with van der Waals surface area (Å²) in [5.41, 5.74) is 0.393. The summed E-state index contributed by atoms with van der Waals surface area (Å²) in [7, 11) is 0. The highest BCUT2D eigenvalue weighted by molar-refractivity contribution is 6.32. The minimum absolute atomic E-state index is 0.0132. The molecule has 0 bridgehead atoms. The predicted octanol–water partition coefficient (Wildman–Crippen LogP) is 5.53. The first-order valence-corrected chi connectivity index (χ1v) is 9.84. The monoisotopic (exact) mass is 451 g/mol. The Bertz CT molecular complexity index is 1210. The van der Waals surface area contributed by atoms with Gasteiger partial charge in [-0.25, -0.2) is 4.68 Å². The summed E-state index contributed by atoms with van der Waals surface area (Å²) < 4.78 is 46.3. The van der Waals surface area contributed by atoms with E-state index in [9.17, 15) is 22.8 Å². The molecule has 2 heterocycles. The van der Waals surface area contributed by atoms with Crippen molar-refractivity contribution in [2.75, 3.05) is 5.32 Å². The lowest BCUT2D eigenvalue weighted by atomic mass is 9.94. The van der Waals surface area contributed by atoms with Gasteiger partial charge >= 0.3 is 6.18 Å². The largest absolute Gasteiger partial charge is 0.455 e. The van der Waals surface area contributed by atoms with E-state index in [0.717, 1.165) is 22.9 Å². The van der Waals surface area contributed by atoms with Crippen molar-refractivity contribution in [3.8, 4) is 5.69 Å². The Morgan fingerprint density at radius 2 is 1.97 bits per heavy atom. The molecular formula is C21H17ClF3N3O3. The number of furan rings is 1. The molecule has 2 aromatic heterocycles. The Morgan fingerprint density at radius 3 is 2.65 bits per heavy atom. The molecule has 162 valence electrons. The van der Waals surface area contributed by atoms with Crippen LogP contribution in [0.1, 0.15) is 56.3 Å². The Morgan fingerprint density at radius 1 is 1.23 bits per heavy atom. The number of Topliss-reactive ketones (excluding diaryl/α,β-unsaturated/α-hetero) is 1. The average Bonchev–Trinajstić information content (AvgIpc) is 3.21. The third-order valence-corrected chi connectivity index (χ3v) is 5.41. The van der Waals surface area contributed by atoms with Crippen LogP contribution in [0.3, 0.4) is 0 Å². The predicted molar refractivity (Wildman–Crippen MR) is 107 cm³/mol. The smallest absolute Gasteiger partial charge is 0.416 e. The average molecular weight is 452 g/mol. The van der Waals surface area contributed by atoms with E-state index >= 15 is 0 Å². The molecule has 0 aliphatic heterocycles. The van der Waals surface area contributed by atoms with Crippen molar-refractivity contribution in [1.82, 2.24) is 9.78 Å². The zero-order valence-corrected chi connectivity index (χ0v) is 17.3. The van der Waals surface area contributed by atoms with Crippen LogP contribution in [0.4, 0.5) is 19.0 Å². The van der Waals surface area contributed by atoms with Gasteiger partial charge in [-0.1, -0.05) is 11.6 Å². The fourth-order valence-electron chi connectivity index (χ4n) is 3.66. The van der Waals surface area contributed by atoms with Crippen LogP contribution in [0, 0.1) is 13.8 Å². The third-order valence-electron chi connectivity index (χ3n) is 5.09. The molecule has 6 nitrogen and oxygen atoms in total. The second-order valence-electron chi connectivity index (χ2n) is 7.33. The molecule has 1 amide bonds. The van der Waals surface area contributed by atoms with Crippen LogP contribution in [0.15, 0.2) is 28.7 Å². The van der Waals surface area contributed by atoms with Crippen LogP contribution in [-0.4, -0.2) is 21.5 Å². The van der Waals surface area contributed by atoms with E-state index in [1.54, 1.807) is 13.8 Å². The van der Waals surface area contributed by atoms with Crippen molar-refractivity contribution >= 4 is 29.1 Å². The minimum atomic E-state index is -4.57. The quantitative estimate of drug-likeness (QED) is 0.568. The molecule has 0 atom stereocenters. The molecule has 0 unspecified atom stereocenters. The number of aromatic nitrogens is 2. The van der Waals surface area contributed by atoms with Crippen LogP contribution in [0.5, 0.6) is 0 Å². The molecular weight excluding hydrogens is 435 g/mol. The second kappa shape index (κ2) is 7.56. The standard InChI is InChI=1S/C21H17ClF3N3O3/c1-10-8-17(28(27-10)14-9-12(21(23,24)25)6-7-13(14)22)26-20(30)19-11(2)18-15(29)4-3-5-16(18)31-19/h6-9H,3-5H2,1-2H3,(H,26,30). The lowest BCUT2D eigenvalue weighted by Gasteiger charge is -2.13. The first-order chi connectivity index (χ1) is 14.6. The van der Waals surface area contributed by atoms with Gasteiger partial charge in [-0.2, -0.15) is 18.3 Å². The Labute approximate surface area is 180 Å². The lowest BCUT2D eigenvalue weighted by Crippen LogP contribution is -2.16. The normalized spacial score (nSPS) is 13.9. The van der Waals surface area contributed by atoms with Gasteiger partial charge in [0.05, 0.1) is 27.5 Å². The van der Waals surface area contributed by atoms with Crippen LogP contribution in [-0.2, 0) is 12.6 Å². The summed E-state index contributed by atoms with van der Waals surface area (Å²) >= 11 is 6.13. The fourth-order valence-corrected chi connectivity index (χ4v) is 3.86. The number of fused-ring (bicyclic) bond motifs is 1. The molecule has 3 aromatic rings. The van der Waals surface area contributed by atoms with Crippen molar-refractivity contribution in [2.24, 2.45) is 0 Å². The first-order valence-electron chi connectivity index (χ1n) is 9.47. The molecule has 0 spiro atoms. The van der Waals surface area contributed by atoms with Gasteiger partial charge in [-0.3, -0.25) is 9.59 Å². The summed E-state index contributed by atoms with van der Waals surface area (Å²) in [6.45, 7) is 3.26. The number of benzene rings is 1. The topological polar surface area (TPSA) is 77.1 Å². The zero-order valence-electron chi connectivity index (χ0n) is 16.6. The zero-order chi connectivity index (χ0) is 22.5. The fraction of sp³-hybridized carbons (Fsp3) is 0.286. The SMILES string of the molecule is Cc1cc(NC(=O)c2oc3c(c2C)C(=O)CCC3)n(-c2cc(C(F)(F)F)ccc2Cl)n1. The van der Waals surface area contributed by atoms with Crippen molar-refractivity contribution in [2.45, 2.75) is 39.3 Å². The lowest BCUT2D eigenvalue weighted by molar-refractivity contribution is -0.137. The van der Waals surface area contributed by atoms with Gasteiger partial charge in [-0.15, -0.1) is 0 Å². The molecule has 1 aromatic carbocycles. The van der Waals surface area contributed by atoms with Crippen LogP contribution in [0.2, 0.25) is 5.02 Å². The molecule has 0 saturated carbocycles. The van der Waals surface area contributed by atoms with E-state index in [4.69, 9.17) is 16.0 Å². The van der Waals surface area contributed by atoms with Gasteiger partial charge in [0.15, 0.2) is 11.5 Å². The molecule has 0 saturated heterocycles. The maximum atomic E-state index is 13.2. The minimum Gasteiger partial charge on any atom is -0.455 e. The van der Waals surface area contributed by atoms with Gasteiger partial charge in [0.2, 0.25) is 0 Å². The number of ketones is 1. The number of hydrogen-bond acceptors (Lipinski definition) is 4. The molecule has 4 rings (SSSR count). The van der Waals surface area contributed by atoms with E-state index < -0.39 is 17.6 Å². The maximum absolute atomic E-state index is 13.2. The van der Waals surface area contributed by atoms with Crippen LogP contribution >= 0.6 is 11.6 Å². The van der Waals surface area contributed by atoms with Crippen molar-refractivity contribution in [3.63, 3.8) is 0 Å². The molecule has 31 heavy (non-hydrogen) atoms. The summed E-state index contributed by atoms with van der Waals surface area (Å²) in [4.78, 5) is 25.1. The van der Waals surface area contributed by atoms with Gasteiger partial charge < -0.3 is 9.73 Å². The van der Waals surface area contributed by atoms with Crippen molar-refractivity contribution < 1.29 is 27.2 Å². The Balaban J connectivity index is 1.71. The summed E-state index contributed by atoms with van der Waals surface area (Å²) in [6, 6.07) is 4.35. The van der Waals surface area contributed by atoms with E-state index in [2.05, 4.69) is 10.4 Å². The summed E-state index contributed by atoms with van der Waals surface area (Å²) in [5.74, 6) is -0.128.